The highest BCUT2D eigenvalue weighted by Crippen LogP contribution is 2.24. The van der Waals surface area contributed by atoms with Crippen molar-refractivity contribution in [3.63, 3.8) is 0 Å². The van der Waals surface area contributed by atoms with Gasteiger partial charge in [0.2, 0.25) is 5.91 Å². The Kier molecular flexibility index (Phi) is 6.91. The van der Waals surface area contributed by atoms with Crippen molar-refractivity contribution in [1.82, 2.24) is 15.2 Å². The van der Waals surface area contributed by atoms with Gasteiger partial charge in [0.25, 0.3) is 0 Å². The number of esters is 1. The fourth-order valence-electron chi connectivity index (χ4n) is 2.05. The normalized spacial score (nSPS) is 10.6. The van der Waals surface area contributed by atoms with Gasteiger partial charge < -0.3 is 10.1 Å². The Morgan fingerprint density at radius 3 is 2.81 bits per heavy atom. The molecule has 0 aliphatic carbocycles. The average Bonchev–Trinajstić information content (AvgIpc) is 3.33. The maximum absolute atomic E-state index is 12.1. The Morgan fingerprint density at radius 2 is 2.11 bits per heavy atom. The first-order valence-corrected chi connectivity index (χ1v) is 10.8. The predicted octanol–water partition coefficient (Wildman–Crippen LogP) is 3.50. The van der Waals surface area contributed by atoms with Gasteiger partial charge >= 0.3 is 5.97 Å². The number of nitrogens with zero attached hydrogens (tertiary/aromatic N) is 3. The van der Waals surface area contributed by atoms with Crippen molar-refractivity contribution in [1.29, 1.82) is 0 Å². The van der Waals surface area contributed by atoms with Crippen LogP contribution in [0.1, 0.15) is 12.6 Å². The van der Waals surface area contributed by atoms with Crippen LogP contribution in [0.25, 0.3) is 10.6 Å². The van der Waals surface area contributed by atoms with Gasteiger partial charge in [0.05, 0.1) is 29.4 Å². The highest BCUT2D eigenvalue weighted by molar-refractivity contribution is 7.99. The van der Waals surface area contributed by atoms with E-state index in [4.69, 9.17) is 4.74 Å². The van der Waals surface area contributed by atoms with Crippen LogP contribution in [0.3, 0.4) is 0 Å². The van der Waals surface area contributed by atoms with Crippen LogP contribution in [0.2, 0.25) is 0 Å². The summed E-state index contributed by atoms with van der Waals surface area (Å²) in [5.74, 6) is -0.332. The molecule has 0 aliphatic heterocycles. The molecule has 140 valence electrons. The summed E-state index contributed by atoms with van der Waals surface area (Å²) in [6, 6.07) is 7.69. The van der Waals surface area contributed by atoms with Crippen molar-refractivity contribution in [3.8, 4) is 10.6 Å². The summed E-state index contributed by atoms with van der Waals surface area (Å²) in [7, 11) is 0. The van der Waals surface area contributed by atoms with Crippen LogP contribution in [-0.4, -0.2) is 39.4 Å². The molecular weight excluding hydrogens is 404 g/mol. The highest BCUT2D eigenvalue weighted by Gasteiger charge is 2.11. The minimum atomic E-state index is -0.333. The Bertz CT molecular complexity index is 895. The second-order valence-electron chi connectivity index (χ2n) is 5.20. The molecule has 3 rings (SSSR count). The summed E-state index contributed by atoms with van der Waals surface area (Å²) in [5, 5.41) is 15.9. The molecule has 3 aromatic rings. The number of ether oxygens (including phenoxy) is 1. The number of carbonyl (C=O) groups excluding carboxylic acids is 2. The smallest absolute Gasteiger partial charge is 0.311 e. The number of thiophene rings is 1. The molecular formula is C17H16N4O3S3. The van der Waals surface area contributed by atoms with Crippen LogP contribution in [0.15, 0.2) is 40.1 Å². The Morgan fingerprint density at radius 1 is 1.22 bits per heavy atom. The standard InChI is InChI=1S/C17H16N4O3S3/c1-2-24-16(23)8-11-9-27-17(18-11)19-14(22)10-26-15-6-5-12(20-21-15)13-4-3-7-25-13/h3-7,9H,2,8,10H2,1H3,(H,18,19,22). The second-order valence-corrected chi connectivity index (χ2v) is 8.00. The minimum Gasteiger partial charge on any atom is -0.466 e. The van der Waals surface area contributed by atoms with Gasteiger partial charge in [0, 0.05) is 5.38 Å². The molecule has 1 amide bonds. The molecule has 10 heteroatoms. The minimum absolute atomic E-state index is 0.0984. The van der Waals surface area contributed by atoms with Gasteiger partial charge in [-0.1, -0.05) is 17.8 Å². The number of carbonyl (C=O) groups is 2. The first-order chi connectivity index (χ1) is 13.1. The summed E-state index contributed by atoms with van der Waals surface area (Å²) in [6.07, 6.45) is 0.0984. The summed E-state index contributed by atoms with van der Waals surface area (Å²) in [4.78, 5) is 28.8. The van der Waals surface area contributed by atoms with E-state index >= 15 is 0 Å². The Balaban J connectivity index is 1.47. The molecule has 0 saturated heterocycles. The lowest BCUT2D eigenvalue weighted by Gasteiger charge is -2.02. The molecule has 0 aliphatic rings. The molecule has 0 spiro atoms. The summed E-state index contributed by atoms with van der Waals surface area (Å²) in [5.41, 5.74) is 1.40. The van der Waals surface area contributed by atoms with E-state index in [1.54, 1.807) is 23.6 Å². The molecule has 0 saturated carbocycles. The molecule has 0 fully saturated rings. The highest BCUT2D eigenvalue weighted by atomic mass is 32.2. The van der Waals surface area contributed by atoms with Crippen molar-refractivity contribution >= 4 is 51.4 Å². The number of hydrogen-bond donors (Lipinski definition) is 1. The van der Waals surface area contributed by atoms with E-state index in [1.165, 1.54) is 23.1 Å². The van der Waals surface area contributed by atoms with E-state index < -0.39 is 0 Å². The zero-order chi connectivity index (χ0) is 19.1. The second kappa shape index (κ2) is 9.58. The van der Waals surface area contributed by atoms with Crippen molar-refractivity contribution < 1.29 is 14.3 Å². The zero-order valence-corrected chi connectivity index (χ0v) is 16.8. The topological polar surface area (TPSA) is 94.1 Å². The first-order valence-electron chi connectivity index (χ1n) is 8.04. The third kappa shape index (κ3) is 5.84. The van der Waals surface area contributed by atoms with Gasteiger partial charge in [0.15, 0.2) is 5.13 Å². The fourth-order valence-corrected chi connectivity index (χ4v) is 4.08. The van der Waals surface area contributed by atoms with Gasteiger partial charge in [-0.25, -0.2) is 4.98 Å². The summed E-state index contributed by atoms with van der Waals surface area (Å²) >= 11 is 4.17. The molecule has 0 aromatic carbocycles. The van der Waals surface area contributed by atoms with Crippen molar-refractivity contribution in [3.05, 3.63) is 40.7 Å². The van der Waals surface area contributed by atoms with Crippen LogP contribution in [0.4, 0.5) is 5.13 Å². The van der Waals surface area contributed by atoms with Crippen LogP contribution in [0, 0.1) is 0 Å². The van der Waals surface area contributed by atoms with Gasteiger partial charge in [-0.05, 0) is 30.5 Å². The lowest BCUT2D eigenvalue weighted by molar-refractivity contribution is -0.142. The number of thioether (sulfide) groups is 1. The molecule has 27 heavy (non-hydrogen) atoms. The maximum atomic E-state index is 12.1. The summed E-state index contributed by atoms with van der Waals surface area (Å²) < 4.78 is 4.88. The summed E-state index contributed by atoms with van der Waals surface area (Å²) in [6.45, 7) is 2.09. The van der Waals surface area contributed by atoms with E-state index in [2.05, 4.69) is 20.5 Å². The van der Waals surface area contributed by atoms with Gasteiger partial charge in [-0.15, -0.1) is 32.9 Å². The fraction of sp³-hybridized carbons (Fsp3) is 0.235. The van der Waals surface area contributed by atoms with Crippen molar-refractivity contribution in [2.24, 2.45) is 0 Å². The monoisotopic (exact) mass is 420 g/mol. The quantitative estimate of drug-likeness (QED) is 0.440. The largest absolute Gasteiger partial charge is 0.466 e. The van der Waals surface area contributed by atoms with E-state index in [0.717, 1.165) is 10.6 Å². The molecule has 0 unspecified atom stereocenters. The Hall–Kier alpha value is -2.30. The molecule has 3 aromatic heterocycles. The number of hydrogen-bond acceptors (Lipinski definition) is 9. The predicted molar refractivity (Wildman–Crippen MR) is 107 cm³/mol. The number of thiazole rings is 1. The van der Waals surface area contributed by atoms with Crippen molar-refractivity contribution in [2.45, 2.75) is 18.4 Å². The zero-order valence-electron chi connectivity index (χ0n) is 14.4. The number of nitrogens with one attached hydrogen (secondary N) is 1. The lowest BCUT2D eigenvalue weighted by atomic mass is 10.3. The van der Waals surface area contributed by atoms with E-state index in [1.807, 2.05) is 29.6 Å². The van der Waals surface area contributed by atoms with E-state index in [9.17, 15) is 9.59 Å². The van der Waals surface area contributed by atoms with Gasteiger partial charge in [-0.2, -0.15) is 0 Å². The molecule has 7 nitrogen and oxygen atoms in total. The van der Waals surface area contributed by atoms with Crippen LogP contribution in [-0.2, 0) is 20.7 Å². The van der Waals surface area contributed by atoms with Gasteiger partial charge in [-0.3, -0.25) is 9.59 Å². The molecule has 0 radical (unpaired) electrons. The maximum Gasteiger partial charge on any atom is 0.311 e. The van der Waals surface area contributed by atoms with E-state index in [-0.39, 0.29) is 24.1 Å². The molecule has 0 atom stereocenters. The number of rotatable bonds is 8. The lowest BCUT2D eigenvalue weighted by Crippen LogP contribution is -2.14. The van der Waals surface area contributed by atoms with Crippen LogP contribution in [0.5, 0.6) is 0 Å². The van der Waals surface area contributed by atoms with Crippen LogP contribution >= 0.6 is 34.4 Å². The third-order valence-corrected chi connectivity index (χ3v) is 5.81. The molecule has 1 N–H and O–H groups in total. The number of amides is 1. The van der Waals surface area contributed by atoms with Gasteiger partial charge in [0.1, 0.15) is 10.7 Å². The third-order valence-electron chi connectivity index (χ3n) is 3.19. The van der Waals surface area contributed by atoms with Crippen LogP contribution < -0.4 is 5.32 Å². The SMILES string of the molecule is CCOC(=O)Cc1csc(NC(=O)CSc2ccc(-c3cccs3)nn2)n1. The van der Waals surface area contributed by atoms with Crippen molar-refractivity contribution in [2.75, 3.05) is 17.7 Å². The number of anilines is 1. The molecule has 0 bridgehead atoms. The Labute approximate surface area is 168 Å². The molecule has 3 heterocycles. The first kappa shape index (κ1) is 19.5. The van der Waals surface area contributed by atoms with E-state index in [0.29, 0.717) is 22.5 Å². The number of aromatic nitrogens is 3. The average molecular weight is 421 g/mol.